The second-order valence-electron chi connectivity index (χ2n) is 9.04. The van der Waals surface area contributed by atoms with Crippen molar-refractivity contribution < 1.29 is 13.9 Å². The van der Waals surface area contributed by atoms with Gasteiger partial charge in [-0.2, -0.15) is 10.2 Å². The Morgan fingerprint density at radius 2 is 2.11 bits per heavy atom. The normalized spacial score (nSPS) is 19.8. The maximum atomic E-state index is 13.2. The molecule has 192 valence electrons. The number of nitrogens with one attached hydrogen (secondary N) is 3. The highest BCUT2D eigenvalue weighted by Gasteiger charge is 2.52. The number of pyridine rings is 1. The first kappa shape index (κ1) is 24.8. The van der Waals surface area contributed by atoms with Gasteiger partial charge >= 0.3 is 0 Å². The molecule has 0 spiro atoms. The molecule has 11 nitrogen and oxygen atoms in total. The number of anilines is 2. The lowest BCUT2D eigenvalue weighted by atomic mass is 9.69. The summed E-state index contributed by atoms with van der Waals surface area (Å²) in [5.41, 5.74) is 0.698. The van der Waals surface area contributed by atoms with Crippen LogP contribution in [-0.2, 0) is 9.53 Å². The molecule has 0 bridgehead atoms. The Bertz CT molecular complexity index is 1420. The van der Waals surface area contributed by atoms with Crippen LogP contribution in [0.5, 0.6) is 0 Å². The summed E-state index contributed by atoms with van der Waals surface area (Å²) in [5, 5.41) is 17.4. The van der Waals surface area contributed by atoms with E-state index in [1.165, 1.54) is 24.2 Å². The molecule has 1 fully saturated rings. The Morgan fingerprint density at radius 1 is 1.30 bits per heavy atom. The van der Waals surface area contributed by atoms with E-state index in [-0.39, 0.29) is 17.9 Å². The van der Waals surface area contributed by atoms with Crippen molar-refractivity contribution in [1.29, 1.82) is 0 Å². The molecule has 4 aromatic rings. The molecule has 1 saturated carbocycles. The Hall–Kier alpha value is -3.90. The Kier molecular flexibility index (Phi) is 6.61. The molecular weight excluding hydrogens is 501 g/mol. The van der Waals surface area contributed by atoms with Crippen LogP contribution in [0.25, 0.3) is 5.82 Å². The number of halogens is 2. The van der Waals surface area contributed by atoms with Gasteiger partial charge in [0, 0.05) is 31.0 Å². The largest absolute Gasteiger partial charge is 0.368 e. The van der Waals surface area contributed by atoms with Gasteiger partial charge in [0.1, 0.15) is 16.4 Å². The van der Waals surface area contributed by atoms with Gasteiger partial charge in [-0.3, -0.25) is 9.89 Å². The Balaban J connectivity index is 1.23. The zero-order valence-electron chi connectivity index (χ0n) is 20.4. The number of amides is 1. The lowest BCUT2D eigenvalue weighted by molar-refractivity contribution is -0.158. The molecule has 4 heterocycles. The summed E-state index contributed by atoms with van der Waals surface area (Å²) in [6.07, 6.45) is 6.36. The highest BCUT2D eigenvalue weighted by molar-refractivity contribution is 6.32. The first-order chi connectivity index (χ1) is 17.8. The third kappa shape index (κ3) is 5.02. The maximum Gasteiger partial charge on any atom is 0.252 e. The van der Waals surface area contributed by atoms with Crippen LogP contribution in [0.3, 0.4) is 0 Å². The summed E-state index contributed by atoms with van der Waals surface area (Å²) in [5.74, 6) is 1.34. The van der Waals surface area contributed by atoms with Crippen molar-refractivity contribution in [3.63, 3.8) is 0 Å². The molecule has 1 amide bonds. The second kappa shape index (κ2) is 9.87. The van der Waals surface area contributed by atoms with Crippen LogP contribution in [0.1, 0.15) is 48.8 Å². The number of nitrogens with zero attached hydrogens (tertiary/aromatic N) is 6. The van der Waals surface area contributed by atoms with Crippen molar-refractivity contribution in [3.8, 4) is 5.82 Å². The van der Waals surface area contributed by atoms with Crippen molar-refractivity contribution in [1.82, 2.24) is 40.2 Å². The molecule has 0 saturated heterocycles. The predicted molar refractivity (Wildman–Crippen MR) is 133 cm³/mol. The van der Waals surface area contributed by atoms with E-state index in [2.05, 4.69) is 40.9 Å². The minimum absolute atomic E-state index is 0.0739. The average molecular weight is 526 g/mol. The minimum atomic E-state index is -0.991. The molecule has 0 radical (unpaired) electrons. The third-order valence-electron chi connectivity index (χ3n) is 6.44. The van der Waals surface area contributed by atoms with Gasteiger partial charge in [0.15, 0.2) is 23.3 Å². The van der Waals surface area contributed by atoms with E-state index in [4.69, 9.17) is 16.3 Å². The van der Waals surface area contributed by atoms with E-state index >= 15 is 0 Å². The van der Waals surface area contributed by atoms with Crippen LogP contribution in [0.15, 0.2) is 43.0 Å². The van der Waals surface area contributed by atoms with Crippen LogP contribution in [0.2, 0.25) is 5.02 Å². The standard InChI is InChI=1S/C24H25ClFN9O2/c1-13-6-19(34-33-13)31-22-18(25)11-28-21(32-22)16-7-24(8-16,37-3)23(36)30-14(2)15-4-5-20(27-9-15)35-12-17(26)10-29-35/h4-6,9-12,14,16H,7-8H2,1-3H3,(H,30,36)(H2,28,31,32,33,34)/t14-,16?,24?/m0/s1. The molecule has 0 unspecified atom stereocenters. The van der Waals surface area contributed by atoms with E-state index in [9.17, 15) is 9.18 Å². The molecule has 5 rings (SSSR count). The molecule has 0 aliphatic heterocycles. The zero-order chi connectivity index (χ0) is 26.2. The molecule has 1 aliphatic carbocycles. The van der Waals surface area contributed by atoms with Gasteiger partial charge in [-0.25, -0.2) is 24.0 Å². The fourth-order valence-electron chi connectivity index (χ4n) is 4.26. The number of aryl methyl sites for hydroxylation is 1. The summed E-state index contributed by atoms with van der Waals surface area (Å²) < 4.78 is 20.2. The maximum absolute atomic E-state index is 13.2. The van der Waals surface area contributed by atoms with Gasteiger partial charge in [-0.05, 0) is 38.3 Å². The molecule has 4 aromatic heterocycles. The second-order valence-corrected chi connectivity index (χ2v) is 9.44. The fourth-order valence-corrected chi connectivity index (χ4v) is 4.40. The summed E-state index contributed by atoms with van der Waals surface area (Å²) in [4.78, 5) is 26.5. The number of carbonyl (C=O) groups excluding carboxylic acids is 1. The monoisotopic (exact) mass is 525 g/mol. The van der Waals surface area contributed by atoms with E-state index in [0.717, 1.165) is 17.5 Å². The van der Waals surface area contributed by atoms with Gasteiger partial charge in [0.2, 0.25) is 0 Å². The van der Waals surface area contributed by atoms with E-state index in [1.807, 2.05) is 26.0 Å². The van der Waals surface area contributed by atoms with Gasteiger partial charge in [-0.15, -0.1) is 0 Å². The first-order valence-electron chi connectivity index (χ1n) is 11.6. The number of hydrogen-bond donors (Lipinski definition) is 3. The average Bonchev–Trinajstić information content (AvgIpc) is 3.48. The number of rotatable bonds is 8. The third-order valence-corrected chi connectivity index (χ3v) is 6.72. The van der Waals surface area contributed by atoms with Gasteiger partial charge in [0.05, 0.1) is 24.6 Å². The SMILES string of the molecule is COC1(C(=O)N[C@@H](C)c2ccc(-n3cc(F)cn3)nc2)CC(c2ncc(Cl)c(Nc3cc(C)[nH]n3)n2)C1. The number of carbonyl (C=O) groups is 1. The molecular formula is C24H25ClFN9O2. The summed E-state index contributed by atoms with van der Waals surface area (Å²) in [6, 6.07) is 5.04. The number of ether oxygens (including phenoxy) is 1. The van der Waals surface area contributed by atoms with Gasteiger partial charge < -0.3 is 15.4 Å². The first-order valence-corrected chi connectivity index (χ1v) is 12.0. The molecule has 13 heteroatoms. The van der Waals surface area contributed by atoms with E-state index in [1.54, 1.807) is 12.3 Å². The van der Waals surface area contributed by atoms with Crippen molar-refractivity contribution >= 4 is 29.1 Å². The predicted octanol–water partition coefficient (Wildman–Crippen LogP) is 3.76. The van der Waals surface area contributed by atoms with E-state index < -0.39 is 11.4 Å². The lowest BCUT2D eigenvalue weighted by Crippen LogP contribution is -2.56. The number of H-pyrrole nitrogens is 1. The Morgan fingerprint density at radius 3 is 2.73 bits per heavy atom. The van der Waals surface area contributed by atoms with Crippen molar-refractivity contribution in [3.05, 3.63) is 70.9 Å². The molecule has 0 aromatic carbocycles. The van der Waals surface area contributed by atoms with Crippen LogP contribution in [-0.4, -0.2) is 53.5 Å². The molecule has 1 aliphatic rings. The summed E-state index contributed by atoms with van der Waals surface area (Å²) in [7, 11) is 1.52. The fraction of sp³-hybridized carbons (Fsp3) is 0.333. The van der Waals surface area contributed by atoms with Gasteiger partial charge in [0.25, 0.3) is 5.91 Å². The Labute approximate surface area is 216 Å². The van der Waals surface area contributed by atoms with Crippen molar-refractivity contribution in [2.45, 2.75) is 44.2 Å². The highest BCUT2D eigenvalue weighted by atomic mass is 35.5. The van der Waals surface area contributed by atoms with Crippen LogP contribution in [0, 0.1) is 12.7 Å². The molecule has 37 heavy (non-hydrogen) atoms. The molecule has 3 N–H and O–H groups in total. The van der Waals surface area contributed by atoms with Gasteiger partial charge in [-0.1, -0.05) is 17.7 Å². The number of methoxy groups -OCH3 is 1. The summed E-state index contributed by atoms with van der Waals surface area (Å²) >= 11 is 6.27. The lowest BCUT2D eigenvalue weighted by Gasteiger charge is -2.44. The van der Waals surface area contributed by atoms with Crippen LogP contribution < -0.4 is 10.6 Å². The number of aromatic nitrogens is 7. The van der Waals surface area contributed by atoms with Crippen molar-refractivity contribution in [2.24, 2.45) is 0 Å². The van der Waals surface area contributed by atoms with Crippen LogP contribution >= 0.6 is 11.6 Å². The number of aromatic amines is 1. The minimum Gasteiger partial charge on any atom is -0.368 e. The zero-order valence-corrected chi connectivity index (χ0v) is 21.1. The van der Waals surface area contributed by atoms with Crippen molar-refractivity contribution in [2.75, 3.05) is 12.4 Å². The number of hydrogen-bond acceptors (Lipinski definition) is 8. The molecule has 1 atom stereocenters. The van der Waals surface area contributed by atoms with E-state index in [0.29, 0.717) is 41.1 Å². The van der Waals surface area contributed by atoms with Crippen LogP contribution in [0.4, 0.5) is 16.0 Å². The summed E-state index contributed by atoms with van der Waals surface area (Å²) in [6.45, 7) is 3.75. The topological polar surface area (TPSA) is 136 Å². The highest BCUT2D eigenvalue weighted by Crippen LogP contribution is 2.46. The smallest absolute Gasteiger partial charge is 0.252 e. The quantitative estimate of drug-likeness (QED) is 0.316.